The van der Waals surface area contributed by atoms with Gasteiger partial charge in [-0.3, -0.25) is 9.59 Å². The molecule has 218 valence electrons. The Bertz CT molecular complexity index is 1320. The molecule has 4 aliphatic heterocycles. The van der Waals surface area contributed by atoms with E-state index in [9.17, 15) is 19.2 Å². The number of anilines is 1. The third kappa shape index (κ3) is 7.36. The summed E-state index contributed by atoms with van der Waals surface area (Å²) < 4.78 is 11.2. The predicted molar refractivity (Wildman–Crippen MR) is 151 cm³/mol. The van der Waals surface area contributed by atoms with Crippen LogP contribution >= 0.6 is 11.6 Å². The van der Waals surface area contributed by atoms with Crippen molar-refractivity contribution in [2.45, 2.75) is 38.5 Å². The van der Waals surface area contributed by atoms with Crippen LogP contribution in [0, 0.1) is 5.92 Å². The molecule has 0 saturated carbocycles. The number of nitrogens with zero attached hydrogens (tertiary/aromatic N) is 2. The lowest BCUT2D eigenvalue weighted by atomic mass is 9.84. The van der Waals surface area contributed by atoms with Gasteiger partial charge in [-0.2, -0.15) is 0 Å². The van der Waals surface area contributed by atoms with Gasteiger partial charge in [0.05, 0.1) is 24.9 Å². The average molecular weight is 586 g/mol. The lowest BCUT2D eigenvalue weighted by Gasteiger charge is -2.45. The van der Waals surface area contributed by atoms with Crippen LogP contribution in [0.2, 0.25) is 5.02 Å². The van der Waals surface area contributed by atoms with Crippen LogP contribution in [0.25, 0.3) is 0 Å². The summed E-state index contributed by atoms with van der Waals surface area (Å²) in [5, 5.41) is 19.2. The van der Waals surface area contributed by atoms with Gasteiger partial charge in [-0.05, 0) is 68.6 Å². The van der Waals surface area contributed by atoms with E-state index < -0.39 is 18.0 Å². The number of hydrogen-bond donors (Lipinski definition) is 3. The van der Waals surface area contributed by atoms with Crippen molar-refractivity contribution < 1.29 is 38.9 Å². The van der Waals surface area contributed by atoms with Gasteiger partial charge in [0.15, 0.2) is 11.9 Å². The maximum absolute atomic E-state index is 13.4. The van der Waals surface area contributed by atoms with Crippen LogP contribution in [0.15, 0.2) is 48.6 Å². The molecule has 0 radical (unpaired) electrons. The highest BCUT2D eigenvalue weighted by Gasteiger charge is 2.38. The van der Waals surface area contributed by atoms with E-state index in [4.69, 9.17) is 31.3 Å². The highest BCUT2D eigenvalue weighted by molar-refractivity contribution is 6.31. The molecule has 12 heteroatoms. The zero-order chi connectivity index (χ0) is 29.7. The van der Waals surface area contributed by atoms with Crippen molar-refractivity contribution in [1.29, 1.82) is 0 Å². The first-order chi connectivity index (χ1) is 19.5. The van der Waals surface area contributed by atoms with Crippen molar-refractivity contribution in [1.82, 2.24) is 10.2 Å². The second kappa shape index (κ2) is 13.0. The summed E-state index contributed by atoms with van der Waals surface area (Å²) in [6.45, 7) is 5.12. The van der Waals surface area contributed by atoms with E-state index >= 15 is 0 Å². The van der Waals surface area contributed by atoms with Gasteiger partial charge in [0.1, 0.15) is 5.75 Å². The minimum absolute atomic E-state index is 0.118. The number of carbonyl (C=O) groups is 4. The quantitative estimate of drug-likeness (QED) is 0.417. The predicted octanol–water partition coefficient (Wildman–Crippen LogP) is 3.20. The zero-order valence-electron chi connectivity index (χ0n) is 22.7. The first-order valence-corrected chi connectivity index (χ1v) is 13.5. The number of benzene rings is 2. The number of methoxy groups -OCH3 is 1. The van der Waals surface area contributed by atoms with E-state index in [1.165, 1.54) is 0 Å². The lowest BCUT2D eigenvalue weighted by molar-refractivity contribution is -0.134. The Hall–Kier alpha value is -4.09. The Labute approximate surface area is 242 Å². The van der Waals surface area contributed by atoms with Gasteiger partial charge in [0, 0.05) is 29.8 Å². The molecule has 2 amide bonds. The molecule has 3 fully saturated rings. The number of halogens is 1. The first kappa shape index (κ1) is 29.9. The molecule has 2 aromatic carbocycles. The van der Waals surface area contributed by atoms with Crippen LogP contribution in [0.1, 0.15) is 35.7 Å². The zero-order valence-corrected chi connectivity index (χ0v) is 23.5. The standard InChI is InChI=1S/C25H28ClN3O4.C4H4O4/c1-15-25(31)29(13-16-3-5-19(32-2)6-4-16)22-12-18(26)11-20(23(22)33-15)24(30)27-21-14-28-9-7-17(21)8-10-28;5-3(6)1-2-4(7)8/h3-6,11-12,15,17,21H,7-10,13-14H2,1-2H3,(H,27,30);1-2H,(H,5,6)(H,7,8)/b;2-1+. The van der Waals surface area contributed by atoms with Crippen molar-refractivity contribution in [2.75, 3.05) is 31.6 Å². The second-order valence-electron chi connectivity index (χ2n) is 10.1. The van der Waals surface area contributed by atoms with Crippen LogP contribution in [0.5, 0.6) is 11.5 Å². The third-order valence-electron chi connectivity index (χ3n) is 7.32. The van der Waals surface area contributed by atoms with Gasteiger partial charge in [-0.25, -0.2) is 9.59 Å². The molecule has 2 atom stereocenters. The normalized spacial score (nSPS) is 22.7. The van der Waals surface area contributed by atoms with E-state index in [2.05, 4.69) is 10.2 Å². The van der Waals surface area contributed by atoms with Crippen molar-refractivity contribution in [2.24, 2.45) is 5.92 Å². The van der Waals surface area contributed by atoms with E-state index in [-0.39, 0.29) is 17.9 Å². The summed E-state index contributed by atoms with van der Waals surface area (Å²) in [6.07, 6.45) is 2.62. The molecule has 2 unspecified atom stereocenters. The van der Waals surface area contributed by atoms with Crippen molar-refractivity contribution in [3.05, 3.63) is 64.7 Å². The number of carbonyl (C=O) groups excluding carboxylic acids is 2. The molecular formula is C29H32ClN3O8. The van der Waals surface area contributed by atoms with Gasteiger partial charge >= 0.3 is 11.9 Å². The second-order valence-corrected chi connectivity index (χ2v) is 10.5. The van der Waals surface area contributed by atoms with Crippen LogP contribution in [-0.2, 0) is 20.9 Å². The van der Waals surface area contributed by atoms with Gasteiger partial charge in [-0.15, -0.1) is 0 Å². The Morgan fingerprint density at radius 2 is 1.73 bits per heavy atom. The monoisotopic (exact) mass is 585 g/mol. The Balaban J connectivity index is 0.000000426. The SMILES string of the molecule is COc1ccc(CN2C(=O)C(C)Oc3c(C(=O)NC4CN5CCC4CC5)cc(Cl)cc32)cc1.O=C(O)/C=C/C(=O)O. The van der Waals surface area contributed by atoms with Gasteiger partial charge in [0.25, 0.3) is 11.8 Å². The highest BCUT2D eigenvalue weighted by atomic mass is 35.5. The van der Waals surface area contributed by atoms with Gasteiger partial charge < -0.3 is 34.8 Å². The molecule has 3 saturated heterocycles. The largest absolute Gasteiger partial charge is 0.497 e. The van der Waals surface area contributed by atoms with E-state index in [0.717, 1.165) is 43.8 Å². The first-order valence-electron chi connectivity index (χ1n) is 13.2. The summed E-state index contributed by atoms with van der Waals surface area (Å²) in [5.74, 6) is -1.25. The fraction of sp³-hybridized carbons (Fsp3) is 0.379. The number of nitrogens with one attached hydrogen (secondary N) is 1. The number of aliphatic carboxylic acids is 2. The fourth-order valence-electron chi connectivity index (χ4n) is 5.23. The topological polar surface area (TPSA) is 146 Å². The minimum atomic E-state index is -1.26. The summed E-state index contributed by atoms with van der Waals surface area (Å²) in [7, 11) is 1.61. The van der Waals surface area contributed by atoms with Crippen LogP contribution < -0.4 is 19.7 Å². The molecule has 41 heavy (non-hydrogen) atoms. The van der Waals surface area contributed by atoms with Crippen LogP contribution in [-0.4, -0.2) is 77.8 Å². The Kier molecular flexibility index (Phi) is 9.51. The molecule has 2 aromatic rings. The fourth-order valence-corrected chi connectivity index (χ4v) is 5.44. The summed E-state index contributed by atoms with van der Waals surface area (Å²) in [6, 6.07) is 11.0. The Morgan fingerprint density at radius 3 is 2.27 bits per heavy atom. The molecule has 0 aromatic heterocycles. The summed E-state index contributed by atoms with van der Waals surface area (Å²) in [4.78, 5) is 49.5. The molecular weight excluding hydrogens is 554 g/mol. The van der Waals surface area contributed by atoms with Crippen molar-refractivity contribution >= 4 is 41.0 Å². The third-order valence-corrected chi connectivity index (χ3v) is 7.54. The maximum atomic E-state index is 13.4. The minimum Gasteiger partial charge on any atom is -0.497 e. The molecule has 0 aliphatic carbocycles. The highest BCUT2D eigenvalue weighted by Crippen LogP contribution is 2.41. The number of ether oxygens (including phenoxy) is 2. The van der Waals surface area contributed by atoms with Gasteiger partial charge in [-0.1, -0.05) is 23.7 Å². The summed E-state index contributed by atoms with van der Waals surface area (Å²) >= 11 is 6.43. The molecule has 3 N–H and O–H groups in total. The maximum Gasteiger partial charge on any atom is 0.328 e. The number of amides is 2. The van der Waals surface area contributed by atoms with Crippen LogP contribution in [0.4, 0.5) is 5.69 Å². The van der Waals surface area contributed by atoms with E-state index in [1.807, 2.05) is 24.3 Å². The molecule has 11 nitrogen and oxygen atoms in total. The molecule has 0 spiro atoms. The molecule has 4 aliphatic rings. The lowest BCUT2D eigenvalue weighted by Crippen LogP contribution is -2.57. The number of carboxylic acids is 2. The molecule has 2 bridgehead atoms. The summed E-state index contributed by atoms with van der Waals surface area (Å²) in [5.41, 5.74) is 1.82. The smallest absolute Gasteiger partial charge is 0.328 e. The van der Waals surface area contributed by atoms with Crippen molar-refractivity contribution in [3.63, 3.8) is 0 Å². The molecule has 6 rings (SSSR count). The number of hydrogen-bond acceptors (Lipinski definition) is 7. The number of piperidine rings is 3. The average Bonchev–Trinajstić information content (AvgIpc) is 2.95. The number of rotatable bonds is 7. The number of fused-ring (bicyclic) bond motifs is 4. The van der Waals surface area contributed by atoms with E-state index in [1.54, 1.807) is 31.1 Å². The number of carboxylic acid groups (broad SMARTS) is 2. The van der Waals surface area contributed by atoms with Crippen LogP contribution in [0.3, 0.4) is 0 Å². The Morgan fingerprint density at radius 1 is 1.10 bits per heavy atom. The molecule has 4 heterocycles. The van der Waals surface area contributed by atoms with Crippen molar-refractivity contribution in [3.8, 4) is 11.5 Å². The van der Waals surface area contributed by atoms with E-state index in [0.29, 0.717) is 46.6 Å². The van der Waals surface area contributed by atoms with Gasteiger partial charge in [0.2, 0.25) is 0 Å².